The van der Waals surface area contributed by atoms with Crippen molar-refractivity contribution in [2.24, 2.45) is 0 Å². The Kier molecular flexibility index (Phi) is 3.22. The van der Waals surface area contributed by atoms with E-state index in [9.17, 15) is 0 Å². The minimum atomic E-state index is 0.493. The lowest BCUT2D eigenvalue weighted by molar-refractivity contribution is 0.655. The van der Waals surface area contributed by atoms with Gasteiger partial charge in [-0.2, -0.15) is 4.37 Å². The first-order valence-corrected chi connectivity index (χ1v) is 6.88. The molecule has 2 nitrogen and oxygen atoms in total. The largest absolute Gasteiger partial charge is 0.224 e. The van der Waals surface area contributed by atoms with E-state index in [0.717, 1.165) is 12.2 Å². The zero-order valence-electron chi connectivity index (χ0n) is 8.53. The van der Waals surface area contributed by atoms with Gasteiger partial charge in [0.1, 0.15) is 10.8 Å². The maximum Gasteiger partial charge on any atom is 0.145 e. The van der Waals surface area contributed by atoms with Gasteiger partial charge >= 0.3 is 0 Å². The quantitative estimate of drug-likeness (QED) is 0.783. The molecular weight excluding hydrogens is 260 g/mol. The molecule has 0 saturated heterocycles. The molecule has 1 aromatic rings. The molecule has 1 heterocycles. The van der Waals surface area contributed by atoms with Crippen LogP contribution in [-0.2, 0) is 0 Å². The molecule has 1 aliphatic carbocycles. The van der Waals surface area contributed by atoms with Crippen molar-refractivity contribution in [3.8, 4) is 0 Å². The molecule has 0 bridgehead atoms. The second-order valence-electron chi connectivity index (χ2n) is 3.96. The fourth-order valence-corrected chi connectivity index (χ4v) is 3.42. The average molecular weight is 275 g/mol. The van der Waals surface area contributed by atoms with Crippen LogP contribution in [0.2, 0.25) is 0 Å². The second kappa shape index (κ2) is 4.27. The van der Waals surface area contributed by atoms with Crippen molar-refractivity contribution < 1.29 is 0 Å². The summed E-state index contributed by atoms with van der Waals surface area (Å²) in [7, 11) is 0. The molecule has 1 aliphatic rings. The molecule has 14 heavy (non-hydrogen) atoms. The summed E-state index contributed by atoms with van der Waals surface area (Å²) < 4.78 is 4.44. The van der Waals surface area contributed by atoms with Crippen LogP contribution >= 0.6 is 27.5 Å². The van der Waals surface area contributed by atoms with E-state index in [0.29, 0.717) is 16.7 Å². The molecule has 0 spiro atoms. The molecule has 0 amide bonds. The highest BCUT2D eigenvalue weighted by Crippen LogP contribution is 2.40. The van der Waals surface area contributed by atoms with Crippen LogP contribution in [0, 0.1) is 0 Å². The second-order valence-corrected chi connectivity index (χ2v) is 6.19. The van der Waals surface area contributed by atoms with Gasteiger partial charge in [-0.3, -0.25) is 0 Å². The van der Waals surface area contributed by atoms with Gasteiger partial charge in [0, 0.05) is 16.7 Å². The minimum Gasteiger partial charge on any atom is -0.224 e. The monoisotopic (exact) mass is 274 g/mol. The zero-order valence-corrected chi connectivity index (χ0v) is 10.9. The fraction of sp³-hybridized carbons (Fsp3) is 0.800. The van der Waals surface area contributed by atoms with Crippen LogP contribution in [0.15, 0.2) is 0 Å². The first-order chi connectivity index (χ1) is 6.72. The average Bonchev–Trinajstić information content (AvgIpc) is 2.88. The number of halogens is 1. The van der Waals surface area contributed by atoms with Crippen molar-refractivity contribution in [3.63, 3.8) is 0 Å². The molecule has 1 fully saturated rings. The molecule has 0 N–H and O–H groups in total. The molecular formula is C10H15BrN2S. The molecule has 1 aromatic heterocycles. The van der Waals surface area contributed by atoms with Gasteiger partial charge in [-0.15, -0.1) is 0 Å². The molecule has 78 valence electrons. The van der Waals surface area contributed by atoms with Crippen molar-refractivity contribution in [1.29, 1.82) is 0 Å². The van der Waals surface area contributed by atoms with Gasteiger partial charge in [0.25, 0.3) is 0 Å². The Balaban J connectivity index is 2.13. The molecule has 0 radical (unpaired) electrons. The lowest BCUT2D eigenvalue weighted by atomic mass is 10.1. The summed E-state index contributed by atoms with van der Waals surface area (Å²) in [4.78, 5) is 5.14. The fourth-order valence-electron chi connectivity index (χ4n) is 1.60. The number of nitrogens with zero attached hydrogens (tertiary/aromatic N) is 2. The third kappa shape index (κ3) is 2.16. The van der Waals surface area contributed by atoms with E-state index in [1.165, 1.54) is 17.8 Å². The molecule has 2 rings (SSSR count). The highest BCUT2D eigenvalue weighted by molar-refractivity contribution is 9.09. The first-order valence-electron chi connectivity index (χ1n) is 5.20. The van der Waals surface area contributed by atoms with E-state index >= 15 is 0 Å². The van der Waals surface area contributed by atoms with Gasteiger partial charge in [-0.1, -0.05) is 29.8 Å². The smallest absolute Gasteiger partial charge is 0.145 e. The van der Waals surface area contributed by atoms with Crippen LogP contribution < -0.4 is 0 Å². The molecule has 1 saturated carbocycles. The van der Waals surface area contributed by atoms with Crippen molar-refractivity contribution >= 4 is 27.5 Å². The molecule has 2 unspecified atom stereocenters. The van der Waals surface area contributed by atoms with E-state index < -0.39 is 0 Å². The normalized spacial score (nSPS) is 20.8. The van der Waals surface area contributed by atoms with E-state index in [2.05, 4.69) is 39.1 Å². The molecule has 2 atom stereocenters. The minimum absolute atomic E-state index is 0.493. The van der Waals surface area contributed by atoms with Gasteiger partial charge in [-0.25, -0.2) is 4.98 Å². The molecule has 0 aliphatic heterocycles. The van der Waals surface area contributed by atoms with Gasteiger partial charge < -0.3 is 0 Å². The van der Waals surface area contributed by atoms with Crippen molar-refractivity contribution in [2.45, 2.75) is 49.8 Å². The van der Waals surface area contributed by atoms with Crippen molar-refractivity contribution in [1.82, 2.24) is 9.36 Å². The Bertz CT molecular complexity index is 307. The summed E-state index contributed by atoms with van der Waals surface area (Å²) in [5, 5.41) is 1.21. The van der Waals surface area contributed by atoms with Crippen LogP contribution in [0.1, 0.15) is 55.8 Å². The van der Waals surface area contributed by atoms with Gasteiger partial charge in [0.15, 0.2) is 0 Å². The molecule has 0 aromatic carbocycles. The highest BCUT2D eigenvalue weighted by atomic mass is 79.9. The van der Waals surface area contributed by atoms with E-state index in [-0.39, 0.29) is 0 Å². The van der Waals surface area contributed by atoms with Crippen molar-refractivity contribution in [2.75, 3.05) is 0 Å². The third-order valence-electron chi connectivity index (χ3n) is 2.71. The maximum absolute atomic E-state index is 4.64. The number of hydrogen-bond donors (Lipinski definition) is 0. The topological polar surface area (TPSA) is 25.8 Å². The summed E-state index contributed by atoms with van der Waals surface area (Å²) in [5.74, 6) is 2.31. The lowest BCUT2D eigenvalue weighted by Crippen LogP contribution is -2.07. The Hall–Kier alpha value is 0.0400. The van der Waals surface area contributed by atoms with Crippen LogP contribution in [-0.4, -0.2) is 14.2 Å². The number of rotatable bonds is 4. The predicted molar refractivity (Wildman–Crippen MR) is 63.3 cm³/mol. The summed E-state index contributed by atoms with van der Waals surface area (Å²) in [6, 6.07) is 0. The Morgan fingerprint density at radius 1 is 1.57 bits per heavy atom. The predicted octanol–water partition coefficient (Wildman–Crippen LogP) is 3.69. The van der Waals surface area contributed by atoms with Crippen LogP contribution in [0.5, 0.6) is 0 Å². The van der Waals surface area contributed by atoms with Crippen LogP contribution in [0.4, 0.5) is 0 Å². The Morgan fingerprint density at radius 2 is 2.29 bits per heavy atom. The van der Waals surface area contributed by atoms with Gasteiger partial charge in [0.05, 0.1) is 0 Å². The highest BCUT2D eigenvalue weighted by Gasteiger charge is 2.29. The summed E-state index contributed by atoms with van der Waals surface area (Å²) >= 11 is 5.23. The van der Waals surface area contributed by atoms with Gasteiger partial charge in [-0.05, 0) is 30.8 Å². The molecule has 4 heteroatoms. The van der Waals surface area contributed by atoms with E-state index in [4.69, 9.17) is 0 Å². The summed E-state index contributed by atoms with van der Waals surface area (Å²) in [5.41, 5.74) is 0. The third-order valence-corrected chi connectivity index (χ3v) is 4.21. The zero-order chi connectivity index (χ0) is 10.1. The van der Waals surface area contributed by atoms with Gasteiger partial charge in [0.2, 0.25) is 0 Å². The van der Waals surface area contributed by atoms with Crippen molar-refractivity contribution in [3.05, 3.63) is 10.8 Å². The summed E-state index contributed by atoms with van der Waals surface area (Å²) in [6.45, 7) is 4.40. The van der Waals surface area contributed by atoms with E-state index in [1.807, 2.05) is 0 Å². The Labute approximate surface area is 97.4 Å². The number of hydrogen-bond acceptors (Lipinski definition) is 3. The SMILES string of the molecule is CCC(c1nc(C2CC2)ns1)C(C)Br. The van der Waals surface area contributed by atoms with Crippen LogP contribution in [0.25, 0.3) is 0 Å². The standard InChI is InChI=1S/C10H15BrN2S/c1-3-8(6(2)11)10-12-9(13-14-10)7-4-5-7/h6-8H,3-5H2,1-2H3. The number of aromatic nitrogens is 2. The summed E-state index contributed by atoms with van der Waals surface area (Å²) in [6.07, 6.45) is 3.71. The number of alkyl halides is 1. The first kappa shape index (κ1) is 10.6. The lowest BCUT2D eigenvalue weighted by Gasteiger charge is -2.13. The Morgan fingerprint density at radius 3 is 2.79 bits per heavy atom. The van der Waals surface area contributed by atoms with Crippen LogP contribution in [0.3, 0.4) is 0 Å². The maximum atomic E-state index is 4.64. The van der Waals surface area contributed by atoms with E-state index in [1.54, 1.807) is 11.5 Å².